The molecule has 1 saturated carbocycles. The van der Waals surface area contributed by atoms with Crippen molar-refractivity contribution in [3.05, 3.63) is 108 Å². The molecule has 3 atom stereocenters. The van der Waals surface area contributed by atoms with Crippen LogP contribution in [0.15, 0.2) is 89.2 Å². The minimum absolute atomic E-state index is 0.231. The Hall–Kier alpha value is -3.18. The van der Waals surface area contributed by atoms with Gasteiger partial charge in [0.25, 0.3) is 10.1 Å². The van der Waals surface area contributed by atoms with Crippen LogP contribution >= 0.6 is 0 Å². The Balaban J connectivity index is 1.92. The van der Waals surface area contributed by atoms with E-state index in [9.17, 15) is 42.8 Å². The zero-order valence-electron chi connectivity index (χ0n) is 27.5. The normalized spacial score (nSPS) is 20.7. The number of rotatable bonds is 13. The number of halogens is 5. The molecule has 0 bridgehead atoms. The molecular weight excluding hydrogens is 726 g/mol. The molecule has 0 spiro atoms. The van der Waals surface area contributed by atoms with Crippen LogP contribution in [0.4, 0.5) is 22.0 Å². The molecule has 0 N–H and O–H groups in total. The zero-order chi connectivity index (χ0) is 37.3. The summed E-state index contributed by atoms with van der Waals surface area (Å²) in [5.41, 5.74) is -1.03. The van der Waals surface area contributed by atoms with Gasteiger partial charge in [-0.3, -0.25) is 4.18 Å². The Morgan fingerprint density at radius 1 is 0.940 bits per heavy atom. The topological polar surface area (TPSA) is 115 Å². The van der Waals surface area contributed by atoms with Gasteiger partial charge in [-0.25, -0.2) is 25.6 Å². The summed E-state index contributed by atoms with van der Waals surface area (Å²) in [6.07, 6.45) is -4.98. The highest BCUT2D eigenvalue weighted by molar-refractivity contribution is 7.92. The highest BCUT2D eigenvalue weighted by atomic mass is 32.2. The molecular formula is C34H38F5NO7S3. The maximum atomic E-state index is 15.7. The van der Waals surface area contributed by atoms with E-state index >= 15 is 4.39 Å². The van der Waals surface area contributed by atoms with Crippen LogP contribution in [0.2, 0.25) is 0 Å². The first-order valence-corrected chi connectivity index (χ1v) is 20.1. The van der Waals surface area contributed by atoms with E-state index in [1.165, 1.54) is 30.3 Å². The van der Waals surface area contributed by atoms with Gasteiger partial charge in [-0.1, -0.05) is 37.6 Å². The van der Waals surface area contributed by atoms with Gasteiger partial charge in [0.05, 0.1) is 27.7 Å². The van der Waals surface area contributed by atoms with Crippen molar-refractivity contribution >= 4 is 30.0 Å². The lowest BCUT2D eigenvalue weighted by atomic mass is 9.74. The van der Waals surface area contributed by atoms with Gasteiger partial charge in [0.1, 0.15) is 16.4 Å². The molecule has 0 heterocycles. The predicted octanol–water partition coefficient (Wildman–Crippen LogP) is 7.01. The summed E-state index contributed by atoms with van der Waals surface area (Å²) < 4.78 is 158. The molecule has 274 valence electrons. The van der Waals surface area contributed by atoms with Crippen molar-refractivity contribution in [1.82, 2.24) is 4.31 Å². The van der Waals surface area contributed by atoms with Crippen LogP contribution in [0.5, 0.6) is 0 Å². The molecule has 0 unspecified atom stereocenters. The number of alkyl halides is 3. The van der Waals surface area contributed by atoms with Gasteiger partial charge in [-0.05, 0) is 86.7 Å². The molecule has 50 heavy (non-hydrogen) atoms. The first kappa shape index (κ1) is 39.6. The molecule has 3 aromatic rings. The SMILES string of the molecule is C=CCN([C@H]1CC[C@@](c2cc(F)ccc2F)(S(=O)(=O)c2ccc(C(F)(F)F)cc2)C[C@H]1COS(=O)(=O)c1ccc(C)cc1)S(=O)(=O)CC(C)C. The summed E-state index contributed by atoms with van der Waals surface area (Å²) in [6, 6.07) is 9.22. The van der Waals surface area contributed by atoms with Crippen LogP contribution in [0.1, 0.15) is 49.8 Å². The molecule has 8 nitrogen and oxygen atoms in total. The average molecular weight is 764 g/mol. The van der Waals surface area contributed by atoms with E-state index in [2.05, 4.69) is 6.58 Å². The van der Waals surface area contributed by atoms with E-state index in [4.69, 9.17) is 4.18 Å². The van der Waals surface area contributed by atoms with Crippen LogP contribution in [-0.2, 0) is 45.1 Å². The zero-order valence-corrected chi connectivity index (χ0v) is 30.0. The van der Waals surface area contributed by atoms with Gasteiger partial charge in [-0.15, -0.1) is 6.58 Å². The molecule has 0 amide bonds. The number of sulfone groups is 1. The third-order valence-corrected chi connectivity index (χ3v) is 14.8. The van der Waals surface area contributed by atoms with Crippen molar-refractivity contribution in [3.8, 4) is 0 Å². The molecule has 1 aliphatic rings. The molecule has 0 aromatic heterocycles. The molecule has 0 radical (unpaired) electrons. The van der Waals surface area contributed by atoms with Gasteiger partial charge >= 0.3 is 6.18 Å². The van der Waals surface area contributed by atoms with Crippen LogP contribution in [0, 0.1) is 30.4 Å². The molecule has 0 aliphatic heterocycles. The fourth-order valence-electron chi connectivity index (χ4n) is 6.41. The van der Waals surface area contributed by atoms with Crippen LogP contribution < -0.4 is 0 Å². The highest BCUT2D eigenvalue weighted by Gasteiger charge is 2.55. The standard InChI is InChI=1S/C34H38F5NO7S3/c1-5-18-40(48(41,42)22-23(2)3)32-16-17-33(30-19-27(35)10-15-31(30)36,49(43,44)28-13-8-26(9-14-28)34(37,38)39)20-25(32)21-47-50(45,46)29-11-6-24(4)7-12-29/h5-15,19,23,25,32H,1,16-18,20-22H2,2-4H3/t25-,32-,33+/m0/s1. The molecule has 3 aromatic carbocycles. The number of hydrogen-bond acceptors (Lipinski definition) is 7. The maximum Gasteiger partial charge on any atom is 0.416 e. The fourth-order valence-corrected chi connectivity index (χ4v) is 11.6. The van der Waals surface area contributed by atoms with Gasteiger partial charge in [0.15, 0.2) is 9.84 Å². The quantitative estimate of drug-likeness (QED) is 0.105. The minimum atomic E-state index is -4.90. The second kappa shape index (κ2) is 14.8. The van der Waals surface area contributed by atoms with Gasteiger partial charge in [0, 0.05) is 24.1 Å². The Kier molecular flexibility index (Phi) is 11.7. The van der Waals surface area contributed by atoms with Crippen molar-refractivity contribution < 1.29 is 51.4 Å². The number of benzene rings is 3. The minimum Gasteiger partial charge on any atom is -0.266 e. The molecule has 16 heteroatoms. The Labute approximate surface area is 290 Å². The summed E-state index contributed by atoms with van der Waals surface area (Å²) in [4.78, 5) is -0.861. The first-order chi connectivity index (χ1) is 23.1. The van der Waals surface area contributed by atoms with Crippen LogP contribution in [0.3, 0.4) is 0 Å². The lowest BCUT2D eigenvalue weighted by Crippen LogP contribution is -2.54. The third kappa shape index (κ3) is 8.30. The summed E-state index contributed by atoms with van der Waals surface area (Å²) in [5, 5.41) is 0. The Morgan fingerprint density at radius 3 is 2.10 bits per heavy atom. The van der Waals surface area contributed by atoms with E-state index < -0.39 is 100.0 Å². The Bertz CT molecular complexity index is 2020. The van der Waals surface area contributed by atoms with Gasteiger partial charge in [0.2, 0.25) is 10.0 Å². The van der Waals surface area contributed by atoms with E-state index in [1.807, 2.05) is 0 Å². The first-order valence-electron chi connectivity index (χ1n) is 15.6. The predicted molar refractivity (Wildman–Crippen MR) is 178 cm³/mol. The van der Waals surface area contributed by atoms with E-state index in [0.717, 1.165) is 15.9 Å². The molecule has 1 aliphatic carbocycles. The van der Waals surface area contributed by atoms with Gasteiger partial charge < -0.3 is 0 Å². The maximum absolute atomic E-state index is 15.7. The lowest BCUT2D eigenvalue weighted by Gasteiger charge is -2.47. The summed E-state index contributed by atoms with van der Waals surface area (Å²) in [5.74, 6) is -4.08. The third-order valence-electron chi connectivity index (χ3n) is 8.73. The number of hydrogen-bond donors (Lipinski definition) is 0. The average Bonchev–Trinajstić information content (AvgIpc) is 3.03. The van der Waals surface area contributed by atoms with Crippen LogP contribution in [0.25, 0.3) is 0 Å². The van der Waals surface area contributed by atoms with Crippen molar-refractivity contribution in [2.75, 3.05) is 18.9 Å². The van der Waals surface area contributed by atoms with Crippen molar-refractivity contribution in [2.24, 2.45) is 11.8 Å². The monoisotopic (exact) mass is 763 g/mol. The summed E-state index contributed by atoms with van der Waals surface area (Å²) >= 11 is 0. The van der Waals surface area contributed by atoms with Crippen molar-refractivity contribution in [2.45, 2.75) is 66.8 Å². The second-order valence-corrected chi connectivity index (χ2v) is 18.6. The number of aryl methyl sites for hydroxylation is 1. The van der Waals surface area contributed by atoms with E-state index in [-0.39, 0.29) is 29.5 Å². The summed E-state index contributed by atoms with van der Waals surface area (Å²) in [7, 11) is -13.5. The largest absolute Gasteiger partial charge is 0.416 e. The van der Waals surface area contributed by atoms with Crippen LogP contribution in [-0.4, -0.2) is 54.5 Å². The number of nitrogens with zero attached hydrogens (tertiary/aromatic N) is 1. The summed E-state index contributed by atoms with van der Waals surface area (Å²) in [6.45, 7) is 7.71. The molecule has 4 rings (SSSR count). The van der Waals surface area contributed by atoms with E-state index in [0.29, 0.717) is 36.4 Å². The van der Waals surface area contributed by atoms with Gasteiger partial charge in [-0.2, -0.15) is 25.9 Å². The number of sulfonamides is 1. The smallest absolute Gasteiger partial charge is 0.266 e. The molecule has 1 fully saturated rings. The van der Waals surface area contributed by atoms with Crippen molar-refractivity contribution in [1.29, 1.82) is 0 Å². The van der Waals surface area contributed by atoms with E-state index in [1.54, 1.807) is 20.8 Å². The highest BCUT2D eigenvalue weighted by Crippen LogP contribution is 2.51. The van der Waals surface area contributed by atoms with Crippen molar-refractivity contribution in [3.63, 3.8) is 0 Å². The lowest BCUT2D eigenvalue weighted by molar-refractivity contribution is -0.137. The Morgan fingerprint density at radius 2 is 1.54 bits per heavy atom. The second-order valence-electron chi connectivity index (χ2n) is 12.8. The fraction of sp³-hybridized carbons (Fsp3) is 0.412. The molecule has 0 saturated heterocycles.